The van der Waals surface area contributed by atoms with Crippen molar-refractivity contribution < 1.29 is 9.59 Å². The number of carbonyl (C=O) groups is 2. The summed E-state index contributed by atoms with van der Waals surface area (Å²) in [7, 11) is 0. The maximum absolute atomic E-state index is 12.0. The van der Waals surface area contributed by atoms with Crippen LogP contribution in [0.1, 0.15) is 24.9 Å². The van der Waals surface area contributed by atoms with E-state index in [0.29, 0.717) is 10.4 Å². The van der Waals surface area contributed by atoms with Crippen LogP contribution in [0.3, 0.4) is 0 Å². The number of thiophene rings is 1. The highest BCUT2D eigenvalue weighted by Gasteiger charge is 2.10. The number of tetrazole rings is 1. The lowest BCUT2D eigenvalue weighted by molar-refractivity contribution is 0.0849. The predicted molar refractivity (Wildman–Crippen MR) is 83.1 cm³/mol. The zero-order chi connectivity index (χ0) is 16.2. The SMILES string of the molecule is Cc1ccc(C(=O)NNC(=O)c2ccc(-n3cnnn3)cc2)s1. The monoisotopic (exact) mass is 328 g/mol. The second-order valence-corrected chi connectivity index (χ2v) is 5.91. The number of benzene rings is 1. The van der Waals surface area contributed by atoms with Crippen molar-refractivity contribution in [2.24, 2.45) is 0 Å². The zero-order valence-corrected chi connectivity index (χ0v) is 12.9. The quantitative estimate of drug-likeness (QED) is 0.701. The van der Waals surface area contributed by atoms with Crippen molar-refractivity contribution in [2.45, 2.75) is 6.92 Å². The van der Waals surface area contributed by atoms with Crippen molar-refractivity contribution in [1.82, 2.24) is 31.1 Å². The number of nitrogens with zero attached hydrogens (tertiary/aromatic N) is 4. The van der Waals surface area contributed by atoms with Gasteiger partial charge in [-0.1, -0.05) is 0 Å². The van der Waals surface area contributed by atoms with Crippen LogP contribution in [0, 0.1) is 6.92 Å². The molecule has 0 aliphatic carbocycles. The van der Waals surface area contributed by atoms with Gasteiger partial charge in [-0.3, -0.25) is 20.4 Å². The van der Waals surface area contributed by atoms with Gasteiger partial charge in [0.05, 0.1) is 10.6 Å². The van der Waals surface area contributed by atoms with Gasteiger partial charge in [0.25, 0.3) is 11.8 Å². The van der Waals surface area contributed by atoms with Crippen molar-refractivity contribution in [1.29, 1.82) is 0 Å². The molecule has 8 nitrogen and oxygen atoms in total. The molecule has 0 bridgehead atoms. The molecule has 0 atom stereocenters. The minimum absolute atomic E-state index is 0.346. The second kappa shape index (κ2) is 6.36. The van der Waals surface area contributed by atoms with Gasteiger partial charge in [0, 0.05) is 10.4 Å². The van der Waals surface area contributed by atoms with Crippen LogP contribution in [0.15, 0.2) is 42.7 Å². The summed E-state index contributed by atoms with van der Waals surface area (Å²) in [5, 5.41) is 10.8. The first-order chi connectivity index (χ1) is 11.1. The summed E-state index contributed by atoms with van der Waals surface area (Å²) in [5.74, 6) is -0.753. The standard InChI is InChI=1S/C14H12N6O2S/c1-9-2-7-12(23-9)14(22)17-16-13(21)10-3-5-11(6-4-10)20-8-15-18-19-20/h2-8H,1H3,(H,16,21)(H,17,22). The predicted octanol–water partition coefficient (Wildman–Crippen LogP) is 1.11. The van der Waals surface area contributed by atoms with E-state index in [1.165, 1.54) is 22.3 Å². The number of aryl methyl sites for hydroxylation is 1. The molecule has 9 heteroatoms. The number of aromatic nitrogens is 4. The fourth-order valence-corrected chi connectivity index (χ4v) is 2.61. The van der Waals surface area contributed by atoms with Crippen molar-refractivity contribution in [3.8, 4) is 5.69 Å². The van der Waals surface area contributed by atoms with Crippen LogP contribution in [-0.4, -0.2) is 32.0 Å². The van der Waals surface area contributed by atoms with Gasteiger partial charge in [-0.15, -0.1) is 16.4 Å². The average molecular weight is 328 g/mol. The first-order valence-electron chi connectivity index (χ1n) is 6.64. The number of nitrogens with one attached hydrogen (secondary N) is 2. The molecular weight excluding hydrogens is 316 g/mol. The molecule has 116 valence electrons. The van der Waals surface area contributed by atoms with Gasteiger partial charge < -0.3 is 0 Å². The first kappa shape index (κ1) is 14.9. The molecule has 2 aromatic heterocycles. The molecule has 2 heterocycles. The summed E-state index contributed by atoms with van der Waals surface area (Å²) < 4.78 is 1.47. The lowest BCUT2D eigenvalue weighted by atomic mass is 10.2. The number of carbonyl (C=O) groups excluding carboxylic acids is 2. The third-order valence-corrected chi connectivity index (χ3v) is 4.00. The van der Waals surface area contributed by atoms with E-state index in [9.17, 15) is 9.59 Å². The molecule has 2 N–H and O–H groups in total. The van der Waals surface area contributed by atoms with Crippen LogP contribution < -0.4 is 10.9 Å². The third kappa shape index (κ3) is 3.40. The summed E-state index contributed by atoms with van der Waals surface area (Å²) in [4.78, 5) is 25.4. The summed E-state index contributed by atoms with van der Waals surface area (Å²) in [6, 6.07) is 10.2. The number of amides is 2. The Kier molecular flexibility index (Phi) is 4.11. The highest BCUT2D eigenvalue weighted by atomic mass is 32.1. The molecule has 2 amide bonds. The molecule has 0 radical (unpaired) electrons. The Labute approximate surface area is 135 Å². The molecule has 0 unspecified atom stereocenters. The lowest BCUT2D eigenvalue weighted by Crippen LogP contribution is -2.41. The van der Waals surface area contributed by atoms with Gasteiger partial charge >= 0.3 is 0 Å². The molecule has 23 heavy (non-hydrogen) atoms. The first-order valence-corrected chi connectivity index (χ1v) is 7.46. The van der Waals surface area contributed by atoms with Crippen LogP contribution in [-0.2, 0) is 0 Å². The van der Waals surface area contributed by atoms with Crippen molar-refractivity contribution >= 4 is 23.2 Å². The average Bonchev–Trinajstić information content (AvgIpc) is 3.24. The number of hydrazine groups is 1. The third-order valence-electron chi connectivity index (χ3n) is 3.00. The minimum Gasteiger partial charge on any atom is -0.267 e. The lowest BCUT2D eigenvalue weighted by Gasteiger charge is -2.07. The van der Waals surface area contributed by atoms with E-state index >= 15 is 0 Å². The number of hydrogen-bond acceptors (Lipinski definition) is 6. The topological polar surface area (TPSA) is 102 Å². The Hall–Kier alpha value is -3.07. The van der Waals surface area contributed by atoms with E-state index in [2.05, 4.69) is 26.4 Å². The Bertz CT molecular complexity index is 825. The Morgan fingerprint density at radius 1 is 1.04 bits per heavy atom. The molecule has 3 aromatic rings. The molecule has 3 rings (SSSR count). The number of hydrogen-bond donors (Lipinski definition) is 2. The zero-order valence-electron chi connectivity index (χ0n) is 12.1. The molecule has 0 aliphatic rings. The van der Waals surface area contributed by atoms with Crippen LogP contribution >= 0.6 is 11.3 Å². The van der Waals surface area contributed by atoms with E-state index in [4.69, 9.17) is 0 Å². The van der Waals surface area contributed by atoms with Crippen LogP contribution in [0.4, 0.5) is 0 Å². The maximum Gasteiger partial charge on any atom is 0.279 e. The van der Waals surface area contributed by atoms with E-state index in [1.807, 2.05) is 13.0 Å². The largest absolute Gasteiger partial charge is 0.279 e. The van der Waals surface area contributed by atoms with Gasteiger partial charge in [0.15, 0.2) is 0 Å². The van der Waals surface area contributed by atoms with Gasteiger partial charge in [-0.2, -0.15) is 0 Å². The molecule has 0 saturated heterocycles. The summed E-state index contributed by atoms with van der Waals surface area (Å²) in [6.45, 7) is 1.91. The van der Waals surface area contributed by atoms with Gasteiger partial charge in [0.2, 0.25) is 0 Å². The highest BCUT2D eigenvalue weighted by Crippen LogP contribution is 2.14. The van der Waals surface area contributed by atoms with E-state index in [-0.39, 0.29) is 5.91 Å². The molecular formula is C14H12N6O2S. The summed E-state index contributed by atoms with van der Waals surface area (Å²) in [6.07, 6.45) is 1.46. The Morgan fingerprint density at radius 3 is 2.39 bits per heavy atom. The van der Waals surface area contributed by atoms with Gasteiger partial charge in [-0.25, -0.2) is 4.68 Å². The maximum atomic E-state index is 12.0. The van der Waals surface area contributed by atoms with Gasteiger partial charge in [0.1, 0.15) is 6.33 Å². The summed E-state index contributed by atoms with van der Waals surface area (Å²) >= 11 is 1.36. The molecule has 1 aromatic carbocycles. The highest BCUT2D eigenvalue weighted by molar-refractivity contribution is 7.13. The Balaban J connectivity index is 1.61. The van der Waals surface area contributed by atoms with Crippen molar-refractivity contribution in [2.75, 3.05) is 0 Å². The van der Waals surface area contributed by atoms with E-state index < -0.39 is 5.91 Å². The van der Waals surface area contributed by atoms with E-state index in [0.717, 1.165) is 10.6 Å². The fraction of sp³-hybridized carbons (Fsp3) is 0.0714. The Morgan fingerprint density at radius 2 is 1.78 bits per heavy atom. The smallest absolute Gasteiger partial charge is 0.267 e. The van der Waals surface area contributed by atoms with Crippen molar-refractivity contribution in [3.05, 3.63) is 58.0 Å². The van der Waals surface area contributed by atoms with Crippen LogP contribution in [0.5, 0.6) is 0 Å². The van der Waals surface area contributed by atoms with Gasteiger partial charge in [-0.05, 0) is 53.7 Å². The van der Waals surface area contributed by atoms with Crippen molar-refractivity contribution in [3.63, 3.8) is 0 Å². The molecule has 0 fully saturated rings. The molecule has 0 spiro atoms. The van der Waals surface area contributed by atoms with Crippen LogP contribution in [0.25, 0.3) is 5.69 Å². The van der Waals surface area contributed by atoms with Crippen LogP contribution in [0.2, 0.25) is 0 Å². The van der Waals surface area contributed by atoms with E-state index in [1.54, 1.807) is 30.3 Å². The second-order valence-electron chi connectivity index (χ2n) is 4.62. The molecule has 0 aliphatic heterocycles. The molecule has 0 saturated carbocycles. The normalized spacial score (nSPS) is 10.3. The summed E-state index contributed by atoms with van der Waals surface area (Å²) in [5.41, 5.74) is 5.90. The minimum atomic E-state index is -0.408. The number of rotatable bonds is 3. The fourth-order valence-electron chi connectivity index (χ4n) is 1.85.